The lowest BCUT2D eigenvalue weighted by atomic mass is 10.1. The van der Waals surface area contributed by atoms with E-state index >= 15 is 0 Å². The van der Waals surface area contributed by atoms with Gasteiger partial charge < -0.3 is 9.88 Å². The standard InChI is InChI=1S/C20H21N3O3S/c24-20(18-14-21-19-9-5-4-8-17(18)19)22-10-12-23(13-11-22)27(25,26)15-16-6-2-1-3-7-16/h1-9,14,21H,10-13,15H2. The van der Waals surface area contributed by atoms with Gasteiger partial charge in [-0.1, -0.05) is 48.5 Å². The summed E-state index contributed by atoms with van der Waals surface area (Å²) in [6, 6.07) is 16.8. The Morgan fingerprint density at radius 1 is 0.926 bits per heavy atom. The molecule has 0 aliphatic carbocycles. The lowest BCUT2D eigenvalue weighted by Crippen LogP contribution is -2.50. The highest BCUT2D eigenvalue weighted by Gasteiger charge is 2.30. The van der Waals surface area contributed by atoms with Crippen LogP contribution in [0.4, 0.5) is 0 Å². The molecule has 0 unspecified atom stereocenters. The molecule has 3 aromatic rings. The van der Waals surface area contributed by atoms with E-state index in [1.165, 1.54) is 4.31 Å². The number of H-pyrrole nitrogens is 1. The number of aromatic amines is 1. The summed E-state index contributed by atoms with van der Waals surface area (Å²) in [6.07, 6.45) is 1.73. The Kier molecular flexibility index (Phi) is 4.72. The van der Waals surface area contributed by atoms with Crippen LogP contribution in [0.2, 0.25) is 0 Å². The number of aromatic nitrogens is 1. The molecule has 2 heterocycles. The fraction of sp³-hybridized carbons (Fsp3) is 0.250. The van der Waals surface area contributed by atoms with Crippen molar-refractivity contribution in [3.8, 4) is 0 Å². The van der Waals surface area contributed by atoms with E-state index in [4.69, 9.17) is 0 Å². The van der Waals surface area contributed by atoms with E-state index < -0.39 is 10.0 Å². The molecule has 0 atom stereocenters. The Labute approximate surface area is 158 Å². The Balaban J connectivity index is 1.43. The van der Waals surface area contributed by atoms with Gasteiger partial charge in [0.15, 0.2) is 0 Å². The molecule has 27 heavy (non-hydrogen) atoms. The van der Waals surface area contributed by atoms with Gasteiger partial charge in [-0.2, -0.15) is 4.31 Å². The normalized spacial score (nSPS) is 15.9. The molecule has 1 amide bonds. The van der Waals surface area contributed by atoms with Crippen molar-refractivity contribution in [3.05, 3.63) is 71.9 Å². The van der Waals surface area contributed by atoms with Crippen LogP contribution in [0.15, 0.2) is 60.8 Å². The van der Waals surface area contributed by atoms with Gasteiger partial charge in [0.2, 0.25) is 10.0 Å². The van der Waals surface area contributed by atoms with E-state index in [0.29, 0.717) is 31.7 Å². The number of piperazine rings is 1. The van der Waals surface area contributed by atoms with Crippen molar-refractivity contribution in [3.63, 3.8) is 0 Å². The maximum atomic E-state index is 12.9. The highest BCUT2D eigenvalue weighted by Crippen LogP contribution is 2.21. The van der Waals surface area contributed by atoms with Crippen molar-refractivity contribution in [2.75, 3.05) is 26.2 Å². The predicted octanol–water partition coefficient (Wildman–Crippen LogP) is 2.46. The van der Waals surface area contributed by atoms with Crippen LogP contribution < -0.4 is 0 Å². The minimum Gasteiger partial charge on any atom is -0.360 e. The first-order valence-electron chi connectivity index (χ1n) is 8.92. The summed E-state index contributed by atoms with van der Waals surface area (Å²) in [4.78, 5) is 17.7. The lowest BCUT2D eigenvalue weighted by molar-refractivity contribution is 0.0700. The van der Waals surface area contributed by atoms with Gasteiger partial charge in [0.25, 0.3) is 5.91 Å². The van der Waals surface area contributed by atoms with Crippen molar-refractivity contribution in [1.82, 2.24) is 14.2 Å². The summed E-state index contributed by atoms with van der Waals surface area (Å²) >= 11 is 0. The molecule has 4 rings (SSSR count). The SMILES string of the molecule is O=C(c1c[nH]c2ccccc12)N1CCN(S(=O)(=O)Cc2ccccc2)CC1. The first-order valence-corrected chi connectivity index (χ1v) is 10.5. The number of nitrogens with one attached hydrogen (secondary N) is 1. The van der Waals surface area contributed by atoms with E-state index in [1.54, 1.807) is 11.1 Å². The summed E-state index contributed by atoms with van der Waals surface area (Å²) in [6.45, 7) is 1.44. The molecule has 1 saturated heterocycles. The van der Waals surface area contributed by atoms with Gasteiger partial charge in [0.05, 0.1) is 11.3 Å². The van der Waals surface area contributed by atoms with E-state index in [1.807, 2.05) is 54.6 Å². The summed E-state index contributed by atoms with van der Waals surface area (Å²) in [5.41, 5.74) is 2.32. The number of carbonyl (C=O) groups excluding carboxylic acids is 1. The van der Waals surface area contributed by atoms with E-state index in [9.17, 15) is 13.2 Å². The Morgan fingerprint density at radius 2 is 1.59 bits per heavy atom. The van der Waals surface area contributed by atoms with Gasteiger partial charge in [0.1, 0.15) is 0 Å². The molecule has 1 aliphatic heterocycles. The van der Waals surface area contributed by atoms with Crippen LogP contribution in [0.25, 0.3) is 10.9 Å². The van der Waals surface area contributed by atoms with Gasteiger partial charge in [-0.05, 0) is 11.6 Å². The summed E-state index contributed by atoms with van der Waals surface area (Å²) in [5, 5.41) is 0.890. The number of amides is 1. The summed E-state index contributed by atoms with van der Waals surface area (Å²) in [5.74, 6) is -0.0721. The maximum Gasteiger partial charge on any atom is 0.256 e. The third-order valence-corrected chi connectivity index (χ3v) is 6.78. The highest BCUT2D eigenvalue weighted by molar-refractivity contribution is 7.88. The number of carbonyl (C=O) groups is 1. The Hall–Kier alpha value is -2.64. The summed E-state index contributed by atoms with van der Waals surface area (Å²) < 4.78 is 26.8. The highest BCUT2D eigenvalue weighted by atomic mass is 32.2. The molecule has 1 fully saturated rings. The van der Waals surface area contributed by atoms with Gasteiger partial charge in [-0.3, -0.25) is 4.79 Å². The maximum absolute atomic E-state index is 12.9. The minimum atomic E-state index is -3.38. The van der Waals surface area contributed by atoms with Crippen molar-refractivity contribution in [1.29, 1.82) is 0 Å². The van der Waals surface area contributed by atoms with Gasteiger partial charge >= 0.3 is 0 Å². The average Bonchev–Trinajstić information content (AvgIpc) is 3.12. The van der Waals surface area contributed by atoms with Crippen molar-refractivity contribution in [2.45, 2.75) is 5.75 Å². The monoisotopic (exact) mass is 383 g/mol. The lowest BCUT2D eigenvalue weighted by Gasteiger charge is -2.34. The van der Waals surface area contributed by atoms with Crippen LogP contribution >= 0.6 is 0 Å². The molecule has 1 N–H and O–H groups in total. The number of para-hydroxylation sites is 1. The van der Waals surface area contributed by atoms with Gasteiger partial charge in [-0.25, -0.2) is 8.42 Å². The molecule has 140 valence electrons. The molecule has 1 aromatic heterocycles. The first kappa shape index (κ1) is 17.8. The molecule has 2 aromatic carbocycles. The molecule has 1 aliphatic rings. The number of hydrogen-bond acceptors (Lipinski definition) is 3. The fourth-order valence-corrected chi connectivity index (χ4v) is 4.98. The van der Waals surface area contributed by atoms with E-state index in [-0.39, 0.29) is 11.7 Å². The van der Waals surface area contributed by atoms with Crippen molar-refractivity contribution in [2.24, 2.45) is 0 Å². The number of rotatable bonds is 4. The zero-order valence-corrected chi connectivity index (χ0v) is 15.7. The molecule has 0 saturated carbocycles. The fourth-order valence-electron chi connectivity index (χ4n) is 3.46. The van der Waals surface area contributed by atoms with Crippen LogP contribution in [-0.4, -0.2) is 54.7 Å². The zero-order valence-electron chi connectivity index (χ0n) is 14.8. The molecule has 0 radical (unpaired) electrons. The number of fused-ring (bicyclic) bond motifs is 1. The number of nitrogens with zero attached hydrogens (tertiary/aromatic N) is 2. The van der Waals surface area contributed by atoms with Crippen LogP contribution in [0, 0.1) is 0 Å². The van der Waals surface area contributed by atoms with Crippen molar-refractivity contribution >= 4 is 26.8 Å². The molecule has 0 bridgehead atoms. The molecule has 7 heteroatoms. The quantitative estimate of drug-likeness (QED) is 0.752. The minimum absolute atomic E-state index is 0.00969. The third kappa shape index (κ3) is 3.61. The second-order valence-corrected chi connectivity index (χ2v) is 8.65. The van der Waals surface area contributed by atoms with Crippen LogP contribution in [0.1, 0.15) is 15.9 Å². The van der Waals surface area contributed by atoms with Crippen LogP contribution in [0.5, 0.6) is 0 Å². The zero-order chi connectivity index (χ0) is 18.9. The number of sulfonamides is 1. The molecular formula is C20H21N3O3S. The predicted molar refractivity (Wildman–Crippen MR) is 105 cm³/mol. The Bertz CT molecular complexity index is 1050. The Morgan fingerprint density at radius 3 is 2.33 bits per heavy atom. The largest absolute Gasteiger partial charge is 0.360 e. The topological polar surface area (TPSA) is 73.5 Å². The van der Waals surface area contributed by atoms with E-state index in [2.05, 4.69) is 4.98 Å². The second kappa shape index (κ2) is 7.17. The van der Waals surface area contributed by atoms with Gasteiger partial charge in [-0.15, -0.1) is 0 Å². The molecular weight excluding hydrogens is 362 g/mol. The molecule has 6 nitrogen and oxygen atoms in total. The number of benzene rings is 2. The third-order valence-electron chi connectivity index (χ3n) is 4.93. The average molecular weight is 383 g/mol. The number of hydrogen-bond donors (Lipinski definition) is 1. The van der Waals surface area contributed by atoms with Gasteiger partial charge in [0, 0.05) is 43.3 Å². The first-order chi connectivity index (χ1) is 13.0. The van der Waals surface area contributed by atoms with Crippen molar-refractivity contribution < 1.29 is 13.2 Å². The van der Waals surface area contributed by atoms with Crippen LogP contribution in [-0.2, 0) is 15.8 Å². The van der Waals surface area contributed by atoms with Crippen LogP contribution in [0.3, 0.4) is 0 Å². The van der Waals surface area contributed by atoms with E-state index in [0.717, 1.165) is 16.5 Å². The molecule has 0 spiro atoms. The summed E-state index contributed by atoms with van der Waals surface area (Å²) in [7, 11) is -3.38. The second-order valence-electron chi connectivity index (χ2n) is 6.68. The smallest absolute Gasteiger partial charge is 0.256 e.